The van der Waals surface area contributed by atoms with E-state index in [0.29, 0.717) is 30.2 Å². The molecule has 3 rings (SSSR count). The molecule has 1 aromatic heterocycles. The van der Waals surface area contributed by atoms with Crippen molar-refractivity contribution >= 4 is 22.6 Å². The molecule has 1 saturated heterocycles. The minimum Gasteiger partial charge on any atom is -0.497 e. The molecular weight excluding hydrogens is 340 g/mol. The topological polar surface area (TPSA) is 67.8 Å². The molecule has 134 valence electrons. The number of piperazine rings is 1. The number of rotatable bonds is 5. The number of anilines is 1. The van der Waals surface area contributed by atoms with Gasteiger partial charge in [-0.2, -0.15) is 4.37 Å². The summed E-state index contributed by atoms with van der Waals surface area (Å²) in [5, 5.41) is 0.937. The summed E-state index contributed by atoms with van der Waals surface area (Å²) in [5.41, 5.74) is 0.578. The Bertz CT molecular complexity index is 719. The van der Waals surface area contributed by atoms with Crippen LogP contribution >= 0.6 is 11.5 Å². The largest absolute Gasteiger partial charge is 0.497 e. The van der Waals surface area contributed by atoms with Crippen LogP contribution in [-0.4, -0.2) is 60.6 Å². The molecule has 8 heteroatoms. The first-order chi connectivity index (χ1) is 12.1. The summed E-state index contributed by atoms with van der Waals surface area (Å²) in [5.74, 6) is 2.09. The highest BCUT2D eigenvalue weighted by Crippen LogP contribution is 2.24. The maximum Gasteiger partial charge on any atom is 0.254 e. The molecule has 0 saturated carbocycles. The Morgan fingerprint density at radius 2 is 1.76 bits per heavy atom. The van der Waals surface area contributed by atoms with Gasteiger partial charge in [-0.1, -0.05) is 6.92 Å². The van der Waals surface area contributed by atoms with Gasteiger partial charge in [0.2, 0.25) is 5.13 Å². The van der Waals surface area contributed by atoms with Crippen LogP contribution in [0.2, 0.25) is 0 Å². The fourth-order valence-corrected chi connectivity index (χ4v) is 3.53. The fraction of sp³-hybridized carbons (Fsp3) is 0.471. The van der Waals surface area contributed by atoms with E-state index in [2.05, 4.69) is 14.3 Å². The zero-order valence-electron chi connectivity index (χ0n) is 14.7. The second-order valence-corrected chi connectivity index (χ2v) is 6.46. The third kappa shape index (κ3) is 3.84. The van der Waals surface area contributed by atoms with Crippen LogP contribution in [0, 0.1) is 0 Å². The predicted octanol–water partition coefficient (Wildman–Crippen LogP) is 2.08. The summed E-state index contributed by atoms with van der Waals surface area (Å²) >= 11 is 1.42. The molecule has 0 spiro atoms. The molecule has 1 fully saturated rings. The van der Waals surface area contributed by atoms with Gasteiger partial charge in [-0.05, 0) is 12.1 Å². The van der Waals surface area contributed by atoms with Crippen molar-refractivity contribution in [2.24, 2.45) is 0 Å². The second kappa shape index (κ2) is 7.69. The molecule has 7 nitrogen and oxygen atoms in total. The van der Waals surface area contributed by atoms with Crippen LogP contribution in [-0.2, 0) is 6.42 Å². The molecule has 0 bridgehead atoms. The summed E-state index contributed by atoms with van der Waals surface area (Å²) in [7, 11) is 3.16. The molecule has 25 heavy (non-hydrogen) atoms. The standard InChI is InChI=1S/C17H22N4O3S/c1-4-15-18-17(25-19-15)21-7-5-20(6-8-21)16(22)12-9-13(23-2)11-14(10-12)24-3/h9-11H,4-8H2,1-3H3. The van der Waals surface area contributed by atoms with Crippen LogP contribution in [0.15, 0.2) is 18.2 Å². The lowest BCUT2D eigenvalue weighted by Crippen LogP contribution is -2.48. The van der Waals surface area contributed by atoms with Crippen LogP contribution in [0.3, 0.4) is 0 Å². The van der Waals surface area contributed by atoms with Crippen molar-refractivity contribution in [3.63, 3.8) is 0 Å². The third-order valence-electron chi connectivity index (χ3n) is 4.21. The Hall–Kier alpha value is -2.35. The molecule has 1 aliphatic heterocycles. The lowest BCUT2D eigenvalue weighted by molar-refractivity contribution is 0.0746. The molecule has 0 N–H and O–H groups in total. The predicted molar refractivity (Wildman–Crippen MR) is 96.9 cm³/mol. The Morgan fingerprint density at radius 1 is 1.12 bits per heavy atom. The fourth-order valence-electron chi connectivity index (χ4n) is 2.73. The Morgan fingerprint density at radius 3 is 2.28 bits per heavy atom. The number of amides is 1. The van der Waals surface area contributed by atoms with Crippen molar-refractivity contribution in [2.75, 3.05) is 45.3 Å². The highest BCUT2D eigenvalue weighted by atomic mass is 32.1. The number of carbonyl (C=O) groups excluding carboxylic acids is 1. The zero-order chi connectivity index (χ0) is 17.8. The lowest BCUT2D eigenvalue weighted by Gasteiger charge is -2.34. The van der Waals surface area contributed by atoms with E-state index in [-0.39, 0.29) is 5.91 Å². The number of methoxy groups -OCH3 is 2. The van der Waals surface area contributed by atoms with E-state index >= 15 is 0 Å². The Kier molecular flexibility index (Phi) is 5.37. The van der Waals surface area contributed by atoms with Gasteiger partial charge < -0.3 is 19.3 Å². The number of aromatic nitrogens is 2. The normalized spacial score (nSPS) is 14.5. The van der Waals surface area contributed by atoms with E-state index in [1.165, 1.54) is 11.5 Å². The molecule has 0 atom stereocenters. The molecule has 0 unspecified atom stereocenters. The summed E-state index contributed by atoms with van der Waals surface area (Å²) < 4.78 is 14.8. The van der Waals surface area contributed by atoms with Gasteiger partial charge in [0, 0.05) is 55.8 Å². The van der Waals surface area contributed by atoms with E-state index in [1.54, 1.807) is 32.4 Å². The smallest absolute Gasteiger partial charge is 0.254 e. The van der Waals surface area contributed by atoms with E-state index in [9.17, 15) is 4.79 Å². The molecule has 0 radical (unpaired) electrons. The first-order valence-electron chi connectivity index (χ1n) is 8.24. The van der Waals surface area contributed by atoms with Crippen LogP contribution < -0.4 is 14.4 Å². The van der Waals surface area contributed by atoms with Crippen LogP contribution in [0.25, 0.3) is 0 Å². The third-order valence-corrected chi connectivity index (χ3v) is 5.02. The van der Waals surface area contributed by atoms with Gasteiger partial charge in [0.05, 0.1) is 14.2 Å². The van der Waals surface area contributed by atoms with Gasteiger partial charge in [-0.3, -0.25) is 4.79 Å². The molecule has 0 aliphatic carbocycles. The first kappa shape index (κ1) is 17.5. The van der Waals surface area contributed by atoms with Crippen molar-refractivity contribution in [1.82, 2.24) is 14.3 Å². The Labute approximate surface area is 151 Å². The maximum absolute atomic E-state index is 12.8. The highest BCUT2D eigenvalue weighted by molar-refractivity contribution is 7.09. The van der Waals surface area contributed by atoms with Gasteiger partial charge >= 0.3 is 0 Å². The van der Waals surface area contributed by atoms with Gasteiger partial charge in [-0.15, -0.1) is 0 Å². The number of hydrogen-bond donors (Lipinski definition) is 0. The van der Waals surface area contributed by atoms with Crippen LogP contribution in [0.4, 0.5) is 5.13 Å². The minimum absolute atomic E-state index is 0.0108. The van der Waals surface area contributed by atoms with E-state index in [0.717, 1.165) is 30.5 Å². The number of hydrogen-bond acceptors (Lipinski definition) is 7. The summed E-state index contributed by atoms with van der Waals surface area (Å²) in [6.45, 7) is 4.86. The van der Waals surface area contributed by atoms with E-state index in [1.807, 2.05) is 11.8 Å². The quantitative estimate of drug-likeness (QED) is 0.811. The monoisotopic (exact) mass is 362 g/mol. The van der Waals surface area contributed by atoms with E-state index in [4.69, 9.17) is 9.47 Å². The van der Waals surface area contributed by atoms with E-state index < -0.39 is 0 Å². The number of carbonyl (C=O) groups is 1. The molecule has 1 aliphatic rings. The molecular formula is C17H22N4O3S. The van der Waals surface area contributed by atoms with Gasteiger partial charge in [-0.25, -0.2) is 4.98 Å². The minimum atomic E-state index is -0.0108. The summed E-state index contributed by atoms with van der Waals surface area (Å²) in [4.78, 5) is 21.4. The molecule has 1 amide bonds. The molecule has 2 heterocycles. The second-order valence-electron chi connectivity index (χ2n) is 5.73. The van der Waals surface area contributed by atoms with Crippen molar-refractivity contribution in [3.05, 3.63) is 29.6 Å². The number of benzene rings is 1. The highest BCUT2D eigenvalue weighted by Gasteiger charge is 2.24. The van der Waals surface area contributed by atoms with Crippen LogP contribution in [0.5, 0.6) is 11.5 Å². The zero-order valence-corrected chi connectivity index (χ0v) is 15.5. The van der Waals surface area contributed by atoms with Gasteiger partial charge in [0.15, 0.2) is 0 Å². The van der Waals surface area contributed by atoms with Gasteiger partial charge in [0.25, 0.3) is 5.91 Å². The average Bonchev–Trinajstić information content (AvgIpc) is 3.16. The number of ether oxygens (including phenoxy) is 2. The molecule has 1 aromatic carbocycles. The summed E-state index contributed by atoms with van der Waals surface area (Å²) in [6, 6.07) is 5.25. The van der Waals surface area contributed by atoms with Gasteiger partial charge in [0.1, 0.15) is 17.3 Å². The number of nitrogens with zero attached hydrogens (tertiary/aromatic N) is 4. The number of aryl methyl sites for hydroxylation is 1. The Balaban J connectivity index is 1.67. The van der Waals surface area contributed by atoms with Crippen molar-refractivity contribution in [1.29, 1.82) is 0 Å². The lowest BCUT2D eigenvalue weighted by atomic mass is 10.1. The van der Waals surface area contributed by atoms with Crippen molar-refractivity contribution in [2.45, 2.75) is 13.3 Å². The maximum atomic E-state index is 12.8. The average molecular weight is 362 g/mol. The van der Waals surface area contributed by atoms with Crippen molar-refractivity contribution < 1.29 is 14.3 Å². The SMILES string of the molecule is CCc1nsc(N2CCN(C(=O)c3cc(OC)cc(OC)c3)CC2)n1. The van der Waals surface area contributed by atoms with Crippen LogP contribution in [0.1, 0.15) is 23.1 Å². The summed E-state index contributed by atoms with van der Waals surface area (Å²) in [6.07, 6.45) is 0.840. The van der Waals surface area contributed by atoms with Crippen molar-refractivity contribution in [3.8, 4) is 11.5 Å². The molecule has 2 aromatic rings. The first-order valence-corrected chi connectivity index (χ1v) is 9.01.